The Hall–Kier alpha value is -2.13. The predicted octanol–water partition coefficient (Wildman–Crippen LogP) is 4.99. The molecule has 3 aromatic carbocycles. The molecule has 0 aromatic heterocycles. The van der Waals surface area contributed by atoms with Gasteiger partial charge in [0.2, 0.25) is 0 Å². The number of halogens is 1. The van der Waals surface area contributed by atoms with E-state index in [1.165, 1.54) is 10.8 Å². The van der Waals surface area contributed by atoms with E-state index in [0.717, 1.165) is 16.3 Å². The number of hydrogen-bond acceptors (Lipinski definition) is 2. The number of hydrogen-bond donors (Lipinski definition) is 0. The summed E-state index contributed by atoms with van der Waals surface area (Å²) in [5.41, 5.74) is 1.64. The Labute approximate surface area is 131 Å². The van der Waals surface area contributed by atoms with Crippen LogP contribution >= 0.6 is 15.9 Å². The summed E-state index contributed by atoms with van der Waals surface area (Å²) in [5, 5.41) is 2.35. The van der Waals surface area contributed by atoms with E-state index in [9.17, 15) is 4.79 Å². The van der Waals surface area contributed by atoms with Gasteiger partial charge in [-0.05, 0) is 44.4 Å². The van der Waals surface area contributed by atoms with Crippen molar-refractivity contribution < 1.29 is 9.53 Å². The molecule has 0 unspecified atom stereocenters. The number of aldehydes is 1. The van der Waals surface area contributed by atoms with Crippen molar-refractivity contribution in [2.45, 2.75) is 6.61 Å². The Morgan fingerprint density at radius 3 is 2.57 bits per heavy atom. The molecule has 3 aromatic rings. The van der Waals surface area contributed by atoms with Gasteiger partial charge < -0.3 is 4.74 Å². The van der Waals surface area contributed by atoms with Crippen LogP contribution in [0.1, 0.15) is 15.9 Å². The first-order chi connectivity index (χ1) is 10.3. The van der Waals surface area contributed by atoms with Crippen molar-refractivity contribution >= 4 is 33.0 Å². The molecule has 0 atom stereocenters. The van der Waals surface area contributed by atoms with Crippen molar-refractivity contribution in [3.63, 3.8) is 0 Å². The van der Waals surface area contributed by atoms with Crippen LogP contribution in [-0.2, 0) is 6.61 Å². The van der Waals surface area contributed by atoms with Crippen molar-refractivity contribution in [1.82, 2.24) is 0 Å². The SMILES string of the molecule is O=Cc1cccc(Br)c1OCc1cccc2ccccc12. The lowest BCUT2D eigenvalue weighted by Crippen LogP contribution is -1.99. The van der Waals surface area contributed by atoms with Crippen LogP contribution in [0.5, 0.6) is 5.75 Å². The highest BCUT2D eigenvalue weighted by Gasteiger charge is 2.08. The summed E-state index contributed by atoms with van der Waals surface area (Å²) in [6.07, 6.45) is 0.809. The number of carbonyl (C=O) groups is 1. The molecular weight excluding hydrogens is 328 g/mol. The third kappa shape index (κ3) is 2.83. The molecule has 0 aliphatic carbocycles. The summed E-state index contributed by atoms with van der Waals surface area (Å²) in [6, 6.07) is 19.8. The fourth-order valence-corrected chi connectivity index (χ4v) is 2.83. The van der Waals surface area contributed by atoms with E-state index in [1.807, 2.05) is 36.4 Å². The average Bonchev–Trinajstić information content (AvgIpc) is 2.53. The Balaban J connectivity index is 1.93. The molecule has 0 N–H and O–H groups in total. The van der Waals surface area contributed by atoms with Gasteiger partial charge in [-0.15, -0.1) is 0 Å². The third-order valence-electron chi connectivity index (χ3n) is 3.38. The number of para-hydroxylation sites is 1. The minimum Gasteiger partial charge on any atom is -0.487 e. The van der Waals surface area contributed by atoms with Gasteiger partial charge in [-0.1, -0.05) is 48.5 Å². The van der Waals surface area contributed by atoms with Crippen molar-refractivity contribution in [3.05, 3.63) is 76.3 Å². The average molecular weight is 341 g/mol. The molecule has 2 nitrogen and oxygen atoms in total. The Morgan fingerprint density at radius 2 is 1.71 bits per heavy atom. The van der Waals surface area contributed by atoms with Crippen LogP contribution in [0, 0.1) is 0 Å². The number of rotatable bonds is 4. The summed E-state index contributed by atoms with van der Waals surface area (Å²) in [6.45, 7) is 0.421. The Morgan fingerprint density at radius 1 is 0.952 bits per heavy atom. The lowest BCUT2D eigenvalue weighted by atomic mass is 10.1. The van der Waals surface area contributed by atoms with E-state index >= 15 is 0 Å². The summed E-state index contributed by atoms with van der Waals surface area (Å²) < 4.78 is 6.66. The first-order valence-corrected chi connectivity index (χ1v) is 7.42. The Kier molecular flexibility index (Phi) is 4.02. The summed E-state index contributed by atoms with van der Waals surface area (Å²) in [4.78, 5) is 11.1. The zero-order valence-electron chi connectivity index (χ0n) is 11.3. The quantitative estimate of drug-likeness (QED) is 0.625. The van der Waals surface area contributed by atoms with E-state index in [2.05, 4.69) is 34.1 Å². The smallest absolute Gasteiger partial charge is 0.153 e. The normalized spacial score (nSPS) is 10.5. The van der Waals surface area contributed by atoms with Crippen LogP contribution in [0.25, 0.3) is 10.8 Å². The maximum absolute atomic E-state index is 11.1. The molecule has 0 heterocycles. The van der Waals surface area contributed by atoms with Crippen LogP contribution in [0.2, 0.25) is 0 Å². The van der Waals surface area contributed by atoms with Crippen LogP contribution in [0.3, 0.4) is 0 Å². The van der Waals surface area contributed by atoms with Crippen molar-refractivity contribution in [2.75, 3.05) is 0 Å². The number of fused-ring (bicyclic) bond motifs is 1. The molecule has 3 rings (SSSR count). The van der Waals surface area contributed by atoms with Crippen molar-refractivity contribution in [3.8, 4) is 5.75 Å². The largest absolute Gasteiger partial charge is 0.487 e. The van der Waals surface area contributed by atoms with Crippen LogP contribution in [0.15, 0.2) is 65.1 Å². The fraction of sp³-hybridized carbons (Fsp3) is 0.0556. The van der Waals surface area contributed by atoms with Gasteiger partial charge in [0.05, 0.1) is 10.0 Å². The van der Waals surface area contributed by atoms with E-state index in [4.69, 9.17) is 4.74 Å². The highest BCUT2D eigenvalue weighted by Crippen LogP contribution is 2.29. The highest BCUT2D eigenvalue weighted by atomic mass is 79.9. The van der Waals surface area contributed by atoms with Gasteiger partial charge in [0.25, 0.3) is 0 Å². The van der Waals surface area contributed by atoms with Gasteiger partial charge in [-0.25, -0.2) is 0 Å². The van der Waals surface area contributed by atoms with Crippen LogP contribution in [0.4, 0.5) is 0 Å². The second kappa shape index (κ2) is 6.10. The first-order valence-electron chi connectivity index (χ1n) is 6.63. The van der Waals surface area contributed by atoms with Crippen molar-refractivity contribution in [2.24, 2.45) is 0 Å². The summed E-state index contributed by atoms with van der Waals surface area (Å²) in [7, 11) is 0. The predicted molar refractivity (Wildman–Crippen MR) is 87.8 cm³/mol. The van der Waals surface area contributed by atoms with Gasteiger partial charge in [-0.3, -0.25) is 4.79 Å². The van der Waals surface area contributed by atoms with E-state index < -0.39 is 0 Å². The van der Waals surface area contributed by atoms with Gasteiger partial charge in [0.15, 0.2) is 6.29 Å². The van der Waals surface area contributed by atoms with Gasteiger partial charge in [-0.2, -0.15) is 0 Å². The molecule has 0 saturated heterocycles. The highest BCUT2D eigenvalue weighted by molar-refractivity contribution is 9.10. The molecule has 104 valence electrons. The van der Waals surface area contributed by atoms with E-state index in [1.54, 1.807) is 6.07 Å². The monoisotopic (exact) mass is 340 g/mol. The van der Waals surface area contributed by atoms with Gasteiger partial charge in [0.1, 0.15) is 12.4 Å². The molecule has 0 radical (unpaired) electrons. The van der Waals surface area contributed by atoms with E-state index in [0.29, 0.717) is 17.9 Å². The molecule has 0 aliphatic rings. The van der Waals surface area contributed by atoms with Crippen molar-refractivity contribution in [1.29, 1.82) is 0 Å². The lowest BCUT2D eigenvalue weighted by Gasteiger charge is -2.12. The first kappa shape index (κ1) is 13.8. The molecule has 21 heavy (non-hydrogen) atoms. The molecule has 0 fully saturated rings. The number of benzene rings is 3. The molecule has 3 heteroatoms. The molecule has 0 spiro atoms. The Bertz CT molecular complexity index is 791. The molecule has 0 aliphatic heterocycles. The van der Waals surface area contributed by atoms with Crippen LogP contribution in [-0.4, -0.2) is 6.29 Å². The fourth-order valence-electron chi connectivity index (χ4n) is 2.34. The summed E-state index contributed by atoms with van der Waals surface area (Å²) >= 11 is 3.43. The number of carbonyl (C=O) groups excluding carboxylic acids is 1. The molecule has 0 saturated carbocycles. The van der Waals surface area contributed by atoms with Gasteiger partial charge in [0, 0.05) is 0 Å². The van der Waals surface area contributed by atoms with Gasteiger partial charge >= 0.3 is 0 Å². The van der Waals surface area contributed by atoms with E-state index in [-0.39, 0.29) is 0 Å². The number of ether oxygens (including phenoxy) is 1. The zero-order valence-corrected chi connectivity index (χ0v) is 12.8. The van der Waals surface area contributed by atoms with Crippen LogP contribution < -0.4 is 4.74 Å². The molecule has 0 bridgehead atoms. The lowest BCUT2D eigenvalue weighted by molar-refractivity contribution is 0.111. The minimum absolute atomic E-state index is 0.421. The topological polar surface area (TPSA) is 26.3 Å². The third-order valence-corrected chi connectivity index (χ3v) is 4.00. The second-order valence-electron chi connectivity index (χ2n) is 4.70. The molecule has 0 amide bonds. The standard InChI is InChI=1S/C18H13BrO2/c19-17-10-4-7-14(11-20)18(17)21-12-15-8-3-6-13-5-1-2-9-16(13)15/h1-11H,12H2. The maximum Gasteiger partial charge on any atom is 0.153 e. The molecular formula is C18H13BrO2. The second-order valence-corrected chi connectivity index (χ2v) is 5.56. The summed E-state index contributed by atoms with van der Waals surface area (Å²) in [5.74, 6) is 0.584. The zero-order chi connectivity index (χ0) is 14.7. The maximum atomic E-state index is 11.1. The minimum atomic E-state index is 0.421.